The number of hydrogen-bond acceptors (Lipinski definition) is 4. The van der Waals surface area contributed by atoms with E-state index in [1.807, 2.05) is 13.0 Å². The van der Waals surface area contributed by atoms with Crippen molar-refractivity contribution in [1.82, 2.24) is 9.38 Å². The molecule has 0 fully saturated rings. The molecule has 0 bridgehead atoms. The van der Waals surface area contributed by atoms with Gasteiger partial charge in [0.05, 0.1) is 10.6 Å². The fourth-order valence-electron chi connectivity index (χ4n) is 2.16. The topological polar surface area (TPSA) is 77.5 Å². The first-order valence-corrected chi connectivity index (χ1v) is 6.28. The Labute approximate surface area is 119 Å². The predicted molar refractivity (Wildman–Crippen MR) is 77.4 cm³/mol. The van der Waals surface area contributed by atoms with Crippen molar-refractivity contribution in [2.45, 2.75) is 6.92 Å². The molecule has 0 saturated carbocycles. The number of nitro groups is 1. The van der Waals surface area contributed by atoms with Gasteiger partial charge in [0.1, 0.15) is 5.65 Å². The quantitative estimate of drug-likeness (QED) is 0.420. The number of nitro benzene ring substituents is 1. The average Bonchev–Trinajstić information content (AvgIpc) is 2.89. The van der Waals surface area contributed by atoms with Gasteiger partial charge in [0.2, 0.25) is 0 Å². The lowest BCUT2D eigenvalue weighted by Crippen LogP contribution is -1.91. The highest BCUT2D eigenvalue weighted by molar-refractivity contribution is 5.78. The lowest BCUT2D eigenvalue weighted by atomic mass is 10.1. The van der Waals surface area contributed by atoms with Crippen LogP contribution in [-0.2, 0) is 0 Å². The minimum absolute atomic E-state index is 0.0431. The SMILES string of the molecule is Cc1cc2nc(-c3ccc([N+](=O)[O-])cc3)cn2cc1C=O. The molecule has 0 atom stereocenters. The van der Waals surface area contributed by atoms with Crippen molar-refractivity contribution in [3.8, 4) is 11.3 Å². The molecule has 3 rings (SSSR count). The minimum Gasteiger partial charge on any atom is -0.306 e. The molecule has 0 unspecified atom stereocenters. The lowest BCUT2D eigenvalue weighted by molar-refractivity contribution is -0.384. The molecule has 0 spiro atoms. The highest BCUT2D eigenvalue weighted by Gasteiger charge is 2.09. The third-order valence-electron chi connectivity index (χ3n) is 3.34. The highest BCUT2D eigenvalue weighted by atomic mass is 16.6. The fourth-order valence-corrected chi connectivity index (χ4v) is 2.16. The van der Waals surface area contributed by atoms with E-state index in [2.05, 4.69) is 4.98 Å². The van der Waals surface area contributed by atoms with E-state index < -0.39 is 4.92 Å². The van der Waals surface area contributed by atoms with Gasteiger partial charge in [0.25, 0.3) is 5.69 Å². The van der Waals surface area contributed by atoms with E-state index in [0.717, 1.165) is 23.1 Å². The maximum Gasteiger partial charge on any atom is 0.269 e. The van der Waals surface area contributed by atoms with Crippen LogP contribution in [0.5, 0.6) is 0 Å². The van der Waals surface area contributed by atoms with Gasteiger partial charge in [0.15, 0.2) is 6.29 Å². The molecule has 6 heteroatoms. The van der Waals surface area contributed by atoms with Crippen LogP contribution in [0.3, 0.4) is 0 Å². The van der Waals surface area contributed by atoms with E-state index in [4.69, 9.17) is 0 Å². The van der Waals surface area contributed by atoms with Gasteiger partial charge in [-0.15, -0.1) is 0 Å². The summed E-state index contributed by atoms with van der Waals surface area (Å²) in [4.78, 5) is 25.6. The van der Waals surface area contributed by atoms with E-state index in [9.17, 15) is 14.9 Å². The van der Waals surface area contributed by atoms with Crippen molar-refractivity contribution in [2.75, 3.05) is 0 Å². The molecule has 6 nitrogen and oxygen atoms in total. The maximum atomic E-state index is 11.0. The van der Waals surface area contributed by atoms with Crippen LogP contribution in [0.1, 0.15) is 15.9 Å². The number of pyridine rings is 1. The molecule has 3 aromatic rings. The number of carbonyl (C=O) groups is 1. The van der Waals surface area contributed by atoms with Gasteiger partial charge in [-0.1, -0.05) is 0 Å². The molecular weight excluding hydrogens is 270 g/mol. The summed E-state index contributed by atoms with van der Waals surface area (Å²) in [5, 5.41) is 10.7. The molecule has 104 valence electrons. The smallest absolute Gasteiger partial charge is 0.269 e. The van der Waals surface area contributed by atoms with Crippen molar-refractivity contribution in [3.05, 3.63) is 64.0 Å². The second-order valence-electron chi connectivity index (χ2n) is 4.73. The zero-order chi connectivity index (χ0) is 15.0. The molecule has 1 aromatic carbocycles. The van der Waals surface area contributed by atoms with Gasteiger partial charge in [-0.25, -0.2) is 4.98 Å². The molecule has 2 aromatic heterocycles. The monoisotopic (exact) mass is 281 g/mol. The number of benzene rings is 1. The highest BCUT2D eigenvalue weighted by Crippen LogP contribution is 2.23. The van der Waals surface area contributed by atoms with Crippen molar-refractivity contribution in [2.24, 2.45) is 0 Å². The molecule has 0 N–H and O–H groups in total. The summed E-state index contributed by atoms with van der Waals surface area (Å²) in [7, 11) is 0. The second kappa shape index (κ2) is 4.82. The average molecular weight is 281 g/mol. The van der Waals surface area contributed by atoms with E-state index in [1.165, 1.54) is 12.1 Å². The number of aryl methyl sites for hydroxylation is 1. The first-order chi connectivity index (χ1) is 10.1. The van der Waals surface area contributed by atoms with Crippen LogP contribution in [0.2, 0.25) is 0 Å². The Morgan fingerprint density at radius 3 is 2.57 bits per heavy atom. The molecular formula is C15H11N3O3. The number of nitrogens with zero attached hydrogens (tertiary/aromatic N) is 3. The largest absolute Gasteiger partial charge is 0.306 e. The zero-order valence-electron chi connectivity index (χ0n) is 11.2. The van der Waals surface area contributed by atoms with Gasteiger partial charge in [-0.2, -0.15) is 0 Å². The number of hydrogen-bond donors (Lipinski definition) is 0. The lowest BCUT2D eigenvalue weighted by Gasteiger charge is -1.98. The van der Waals surface area contributed by atoms with Gasteiger partial charge in [-0.3, -0.25) is 14.9 Å². The first kappa shape index (κ1) is 13.0. The summed E-state index contributed by atoms with van der Waals surface area (Å²) in [5.74, 6) is 0. The summed E-state index contributed by atoms with van der Waals surface area (Å²) in [6.07, 6.45) is 4.32. The third-order valence-corrected chi connectivity index (χ3v) is 3.34. The van der Waals surface area contributed by atoms with Gasteiger partial charge in [-0.05, 0) is 30.7 Å². The first-order valence-electron chi connectivity index (χ1n) is 6.28. The van der Waals surface area contributed by atoms with Crippen LogP contribution in [0.4, 0.5) is 5.69 Å². The second-order valence-corrected chi connectivity index (χ2v) is 4.73. The Hall–Kier alpha value is -3.02. The summed E-state index contributed by atoms with van der Waals surface area (Å²) in [5.41, 5.74) is 3.73. The number of aldehydes is 1. The van der Waals surface area contributed by atoms with Gasteiger partial charge < -0.3 is 4.40 Å². The van der Waals surface area contributed by atoms with Crippen LogP contribution in [-0.4, -0.2) is 20.6 Å². The fraction of sp³-hybridized carbons (Fsp3) is 0.0667. The number of rotatable bonds is 3. The number of non-ortho nitro benzene ring substituents is 1. The van der Waals surface area contributed by atoms with E-state index >= 15 is 0 Å². The number of imidazole rings is 1. The van der Waals surface area contributed by atoms with Gasteiger partial charge >= 0.3 is 0 Å². The Morgan fingerprint density at radius 2 is 1.95 bits per heavy atom. The molecule has 21 heavy (non-hydrogen) atoms. The molecule has 0 saturated heterocycles. The zero-order valence-corrected chi connectivity index (χ0v) is 11.2. The van der Waals surface area contributed by atoms with E-state index in [-0.39, 0.29) is 5.69 Å². The van der Waals surface area contributed by atoms with Gasteiger partial charge in [0, 0.05) is 35.7 Å². The normalized spacial score (nSPS) is 10.7. The molecule has 0 radical (unpaired) electrons. The molecule has 0 aliphatic carbocycles. The van der Waals surface area contributed by atoms with Crippen LogP contribution in [0.25, 0.3) is 16.9 Å². The summed E-state index contributed by atoms with van der Waals surface area (Å²) in [6.45, 7) is 1.85. The Bertz CT molecular complexity index is 850. The van der Waals surface area contributed by atoms with Crippen LogP contribution < -0.4 is 0 Å². The van der Waals surface area contributed by atoms with Crippen LogP contribution in [0.15, 0.2) is 42.7 Å². The Morgan fingerprint density at radius 1 is 1.24 bits per heavy atom. The number of aromatic nitrogens is 2. The molecule has 0 aliphatic heterocycles. The van der Waals surface area contributed by atoms with E-state index in [1.54, 1.807) is 28.9 Å². The number of carbonyl (C=O) groups excluding carboxylic acids is 1. The predicted octanol–water partition coefficient (Wildman–Crippen LogP) is 3.03. The number of fused-ring (bicyclic) bond motifs is 1. The Kier molecular flexibility index (Phi) is 2.98. The minimum atomic E-state index is -0.437. The molecule has 0 aliphatic rings. The van der Waals surface area contributed by atoms with Crippen molar-refractivity contribution in [3.63, 3.8) is 0 Å². The summed E-state index contributed by atoms with van der Waals surface area (Å²) < 4.78 is 1.77. The molecule has 0 amide bonds. The van der Waals surface area contributed by atoms with Crippen LogP contribution >= 0.6 is 0 Å². The Balaban J connectivity index is 2.08. The van der Waals surface area contributed by atoms with E-state index in [0.29, 0.717) is 11.3 Å². The third kappa shape index (κ3) is 2.27. The molecule has 2 heterocycles. The van der Waals surface area contributed by atoms with Crippen molar-refractivity contribution in [1.29, 1.82) is 0 Å². The summed E-state index contributed by atoms with van der Waals surface area (Å²) >= 11 is 0. The maximum absolute atomic E-state index is 11.0. The standard InChI is InChI=1S/C15H11N3O3/c1-10-6-15-16-14(8-17(15)7-12(10)9-19)11-2-4-13(5-3-11)18(20)21/h2-9H,1H3. The van der Waals surface area contributed by atoms with Crippen LogP contribution in [0, 0.1) is 17.0 Å². The summed E-state index contributed by atoms with van der Waals surface area (Å²) in [6, 6.07) is 8.04. The van der Waals surface area contributed by atoms with Crippen molar-refractivity contribution < 1.29 is 9.72 Å². The van der Waals surface area contributed by atoms with Crippen molar-refractivity contribution >= 4 is 17.6 Å².